The normalized spacial score (nSPS) is 41.9. The van der Waals surface area contributed by atoms with Crippen LogP contribution in [0.3, 0.4) is 0 Å². The largest absolute Gasteiger partial charge is 0.310 e. The summed E-state index contributed by atoms with van der Waals surface area (Å²) in [5.41, 5.74) is 0. The van der Waals surface area contributed by atoms with Crippen molar-refractivity contribution in [3.8, 4) is 0 Å². The summed E-state index contributed by atoms with van der Waals surface area (Å²) in [6.45, 7) is 1.95. The van der Waals surface area contributed by atoms with Crippen molar-refractivity contribution >= 4 is 19.7 Å². The van der Waals surface area contributed by atoms with Crippen molar-refractivity contribution in [2.24, 2.45) is 0 Å². The third kappa shape index (κ3) is 2.41. The van der Waals surface area contributed by atoms with Crippen molar-refractivity contribution < 1.29 is 16.8 Å². The molecule has 2 aliphatic heterocycles. The Morgan fingerprint density at radius 2 is 1.75 bits per heavy atom. The summed E-state index contributed by atoms with van der Waals surface area (Å²) in [7, 11) is -6.44. The molecule has 2 rings (SSSR count). The molecule has 1 N–H and O–H groups in total. The molecule has 5 nitrogen and oxygen atoms in total. The average Bonchev–Trinajstić information content (AvgIpc) is 2.26. The van der Waals surface area contributed by atoms with Crippen LogP contribution >= 0.6 is 0 Å². The van der Waals surface area contributed by atoms with Gasteiger partial charge in [-0.25, -0.2) is 16.8 Å². The molecule has 0 aromatic heterocycles. The fourth-order valence-electron chi connectivity index (χ4n) is 2.43. The highest BCUT2D eigenvalue weighted by molar-refractivity contribution is 7.95. The van der Waals surface area contributed by atoms with Crippen molar-refractivity contribution in [2.75, 3.05) is 17.3 Å². The third-order valence-electron chi connectivity index (χ3n) is 3.40. The highest BCUT2D eigenvalue weighted by Crippen LogP contribution is 2.24. The van der Waals surface area contributed by atoms with E-state index in [-0.39, 0.29) is 29.3 Å². The summed E-state index contributed by atoms with van der Waals surface area (Å²) < 4.78 is 46.9. The summed E-state index contributed by atoms with van der Waals surface area (Å²) in [6.07, 6.45) is 0.978. The maximum atomic E-state index is 12.0. The zero-order valence-corrected chi connectivity index (χ0v) is 10.9. The van der Waals surface area contributed by atoms with Gasteiger partial charge < -0.3 is 5.32 Å². The van der Waals surface area contributed by atoms with Crippen molar-refractivity contribution in [1.82, 2.24) is 5.32 Å². The van der Waals surface area contributed by atoms with E-state index < -0.39 is 24.9 Å². The molecule has 0 spiro atoms. The lowest BCUT2D eigenvalue weighted by molar-refractivity contribution is 0.419. The maximum Gasteiger partial charge on any atom is 0.155 e. The first-order chi connectivity index (χ1) is 7.30. The summed E-state index contributed by atoms with van der Waals surface area (Å²) in [4.78, 5) is 0. The van der Waals surface area contributed by atoms with Gasteiger partial charge >= 0.3 is 0 Å². The van der Waals surface area contributed by atoms with Crippen LogP contribution in [-0.4, -0.2) is 51.4 Å². The van der Waals surface area contributed by atoms with Gasteiger partial charge in [0.05, 0.1) is 22.5 Å². The second kappa shape index (κ2) is 3.96. The van der Waals surface area contributed by atoms with E-state index in [1.54, 1.807) is 0 Å². The van der Waals surface area contributed by atoms with Crippen molar-refractivity contribution in [3.63, 3.8) is 0 Å². The van der Waals surface area contributed by atoms with Crippen LogP contribution in [-0.2, 0) is 19.7 Å². The van der Waals surface area contributed by atoms with Crippen LogP contribution in [0.15, 0.2) is 0 Å². The minimum atomic E-state index is -3.27. The third-order valence-corrected chi connectivity index (χ3v) is 7.56. The van der Waals surface area contributed by atoms with Gasteiger partial charge in [0.2, 0.25) is 0 Å². The predicted molar refractivity (Wildman–Crippen MR) is 61.8 cm³/mol. The smallest absolute Gasteiger partial charge is 0.155 e. The second-order valence-electron chi connectivity index (χ2n) is 4.77. The molecule has 2 fully saturated rings. The van der Waals surface area contributed by atoms with Gasteiger partial charge in [-0.05, 0) is 19.8 Å². The van der Waals surface area contributed by atoms with E-state index in [0.717, 1.165) is 0 Å². The van der Waals surface area contributed by atoms with E-state index in [1.165, 1.54) is 0 Å². The number of hydrogen-bond acceptors (Lipinski definition) is 5. The highest BCUT2D eigenvalue weighted by atomic mass is 32.2. The summed E-state index contributed by atoms with van der Waals surface area (Å²) >= 11 is 0. The summed E-state index contributed by atoms with van der Waals surface area (Å²) in [6, 6.07) is -0.0448. The molecule has 0 radical (unpaired) electrons. The molecule has 0 bridgehead atoms. The minimum Gasteiger partial charge on any atom is -0.310 e. The Hall–Kier alpha value is -0.140. The Morgan fingerprint density at radius 3 is 2.44 bits per heavy atom. The molecule has 3 atom stereocenters. The molecule has 0 aliphatic carbocycles. The molecule has 2 saturated heterocycles. The van der Waals surface area contributed by atoms with Gasteiger partial charge in [0.1, 0.15) is 0 Å². The molecular formula is C9H17NO4S2. The molecule has 0 aromatic rings. The fourth-order valence-corrected chi connectivity index (χ4v) is 7.09. The van der Waals surface area contributed by atoms with E-state index in [1.807, 2.05) is 6.92 Å². The van der Waals surface area contributed by atoms with E-state index in [0.29, 0.717) is 12.8 Å². The summed E-state index contributed by atoms with van der Waals surface area (Å²) in [5.74, 6) is -0.0129. The first-order valence-corrected chi connectivity index (χ1v) is 9.02. The Balaban J connectivity index is 2.34. The Morgan fingerprint density at radius 1 is 1.06 bits per heavy atom. The van der Waals surface area contributed by atoms with Crippen LogP contribution in [0, 0.1) is 0 Å². The van der Waals surface area contributed by atoms with E-state index in [4.69, 9.17) is 0 Å². The number of fused-ring (bicyclic) bond motifs is 1. The SMILES string of the molecule is CC1CCS(=O)(=O)C2CS(=O)(=O)CCC2N1. The van der Waals surface area contributed by atoms with Crippen LogP contribution in [0.2, 0.25) is 0 Å². The lowest BCUT2D eigenvalue weighted by Crippen LogP contribution is -2.52. The monoisotopic (exact) mass is 267 g/mol. The number of rotatable bonds is 0. The van der Waals surface area contributed by atoms with Gasteiger partial charge in [0, 0.05) is 12.1 Å². The van der Waals surface area contributed by atoms with E-state index in [2.05, 4.69) is 5.32 Å². The number of sulfone groups is 2. The molecule has 16 heavy (non-hydrogen) atoms. The summed E-state index contributed by atoms with van der Waals surface area (Å²) in [5, 5.41) is 2.49. The molecule has 0 saturated carbocycles. The average molecular weight is 267 g/mol. The van der Waals surface area contributed by atoms with Crippen LogP contribution in [0.5, 0.6) is 0 Å². The van der Waals surface area contributed by atoms with Crippen LogP contribution in [0.25, 0.3) is 0 Å². The van der Waals surface area contributed by atoms with Crippen molar-refractivity contribution in [3.05, 3.63) is 0 Å². The Kier molecular flexibility index (Phi) is 3.05. The molecule has 2 aliphatic rings. The van der Waals surface area contributed by atoms with E-state index >= 15 is 0 Å². The highest BCUT2D eigenvalue weighted by Gasteiger charge is 2.43. The van der Waals surface area contributed by atoms with Crippen molar-refractivity contribution in [1.29, 1.82) is 0 Å². The number of hydrogen-bond donors (Lipinski definition) is 1. The van der Waals surface area contributed by atoms with Gasteiger partial charge in [-0.1, -0.05) is 0 Å². The van der Waals surface area contributed by atoms with E-state index in [9.17, 15) is 16.8 Å². The molecule has 7 heteroatoms. The van der Waals surface area contributed by atoms with Crippen LogP contribution in [0.1, 0.15) is 19.8 Å². The molecule has 2 heterocycles. The van der Waals surface area contributed by atoms with Crippen molar-refractivity contribution in [2.45, 2.75) is 37.1 Å². The maximum absolute atomic E-state index is 12.0. The first-order valence-electron chi connectivity index (χ1n) is 5.48. The minimum absolute atomic E-state index is 0.0951. The van der Waals surface area contributed by atoms with Gasteiger partial charge in [-0.3, -0.25) is 0 Å². The molecule has 0 amide bonds. The topological polar surface area (TPSA) is 80.3 Å². The predicted octanol–water partition coefficient (Wildman–Crippen LogP) is -0.661. The lowest BCUT2D eigenvalue weighted by Gasteiger charge is -2.30. The van der Waals surface area contributed by atoms with Crippen LogP contribution < -0.4 is 5.32 Å². The van der Waals surface area contributed by atoms with Gasteiger partial charge in [-0.15, -0.1) is 0 Å². The fraction of sp³-hybridized carbons (Fsp3) is 1.00. The molecular weight excluding hydrogens is 250 g/mol. The Labute approximate surface area is 96.4 Å². The molecule has 94 valence electrons. The quantitative estimate of drug-likeness (QED) is 0.630. The Bertz CT molecular complexity index is 468. The van der Waals surface area contributed by atoms with Gasteiger partial charge in [0.25, 0.3) is 0 Å². The molecule has 3 unspecified atom stereocenters. The zero-order valence-electron chi connectivity index (χ0n) is 9.22. The number of nitrogens with one attached hydrogen (secondary N) is 1. The molecule has 0 aromatic carbocycles. The van der Waals surface area contributed by atoms with Gasteiger partial charge in [0.15, 0.2) is 19.7 Å². The van der Waals surface area contributed by atoms with Gasteiger partial charge in [-0.2, -0.15) is 0 Å². The first kappa shape index (κ1) is 12.3. The standard InChI is InChI=1S/C9H17NO4S2/c1-7-2-5-16(13,14)9-6-15(11,12)4-3-8(9)10-7/h7-10H,2-6H2,1H3. The van der Waals surface area contributed by atoms with Crippen LogP contribution in [0.4, 0.5) is 0 Å². The zero-order chi connectivity index (χ0) is 12.0. The lowest BCUT2D eigenvalue weighted by atomic mass is 10.1. The second-order valence-corrected chi connectivity index (χ2v) is 9.34.